The van der Waals surface area contributed by atoms with Crippen molar-refractivity contribution in [2.75, 3.05) is 32.0 Å². The highest BCUT2D eigenvalue weighted by Gasteiger charge is 2.30. The van der Waals surface area contributed by atoms with Gasteiger partial charge in [0.1, 0.15) is 11.4 Å². The van der Waals surface area contributed by atoms with E-state index in [0.717, 1.165) is 43.2 Å². The fourth-order valence-corrected chi connectivity index (χ4v) is 3.02. The van der Waals surface area contributed by atoms with Gasteiger partial charge in [-0.25, -0.2) is 4.79 Å². The molecule has 0 aliphatic carbocycles. The van der Waals surface area contributed by atoms with Crippen LogP contribution in [-0.2, 0) is 6.42 Å². The van der Waals surface area contributed by atoms with E-state index in [9.17, 15) is 4.79 Å². The Morgan fingerprint density at radius 2 is 2.18 bits per heavy atom. The molecular formula is C16H28N4O2. The molecule has 0 aromatic carbocycles. The number of hydrogen-bond donors (Lipinski definition) is 1. The van der Waals surface area contributed by atoms with E-state index in [2.05, 4.69) is 36.3 Å². The number of carbonyl (C=O) groups excluding carboxylic acids is 1. The molecule has 1 aromatic heterocycles. The molecule has 6 nitrogen and oxygen atoms in total. The molecule has 1 saturated heterocycles. The molecule has 0 spiro atoms. The smallest absolute Gasteiger partial charge is 0.322 e. The van der Waals surface area contributed by atoms with E-state index in [-0.39, 0.29) is 12.1 Å². The molecule has 1 fully saturated rings. The summed E-state index contributed by atoms with van der Waals surface area (Å²) in [6.07, 6.45) is 1.73. The standard InChI is InChI=1S/C16H28N4O2/c1-6-14-15(12(4)18-22-14)17-16(21)20-8-7-19(5)10-13(20)9-11(2)3/h11,13H,6-10H2,1-5H3,(H,17,21). The lowest BCUT2D eigenvalue weighted by Gasteiger charge is -2.40. The van der Waals surface area contributed by atoms with Gasteiger partial charge in [-0.1, -0.05) is 25.9 Å². The van der Waals surface area contributed by atoms with Gasteiger partial charge in [0, 0.05) is 32.1 Å². The highest BCUT2D eigenvalue weighted by Crippen LogP contribution is 2.23. The zero-order valence-corrected chi connectivity index (χ0v) is 14.3. The van der Waals surface area contributed by atoms with E-state index >= 15 is 0 Å². The van der Waals surface area contributed by atoms with Crippen molar-refractivity contribution in [3.63, 3.8) is 0 Å². The fraction of sp³-hybridized carbons (Fsp3) is 0.750. The number of nitrogens with one attached hydrogen (secondary N) is 1. The van der Waals surface area contributed by atoms with E-state index in [0.29, 0.717) is 12.3 Å². The summed E-state index contributed by atoms with van der Waals surface area (Å²) in [4.78, 5) is 17.0. The van der Waals surface area contributed by atoms with Crippen molar-refractivity contribution in [2.24, 2.45) is 5.92 Å². The lowest BCUT2D eigenvalue weighted by atomic mass is 10.0. The van der Waals surface area contributed by atoms with Crippen molar-refractivity contribution in [3.05, 3.63) is 11.5 Å². The van der Waals surface area contributed by atoms with E-state index < -0.39 is 0 Å². The Balaban J connectivity index is 2.10. The van der Waals surface area contributed by atoms with Crippen LogP contribution >= 0.6 is 0 Å². The van der Waals surface area contributed by atoms with Crippen LogP contribution in [0.1, 0.15) is 38.6 Å². The maximum Gasteiger partial charge on any atom is 0.322 e. The summed E-state index contributed by atoms with van der Waals surface area (Å²) in [6, 6.07) is 0.212. The van der Waals surface area contributed by atoms with Crippen LogP contribution in [0.2, 0.25) is 0 Å². The number of anilines is 1. The molecule has 124 valence electrons. The van der Waals surface area contributed by atoms with Crippen molar-refractivity contribution >= 4 is 11.7 Å². The zero-order valence-electron chi connectivity index (χ0n) is 14.3. The quantitative estimate of drug-likeness (QED) is 0.929. The number of carbonyl (C=O) groups is 1. The summed E-state index contributed by atoms with van der Waals surface area (Å²) >= 11 is 0. The SMILES string of the molecule is CCc1onc(C)c1NC(=O)N1CCN(C)CC1CC(C)C. The molecule has 1 aromatic rings. The zero-order chi connectivity index (χ0) is 16.3. The van der Waals surface area contributed by atoms with Gasteiger partial charge in [-0.05, 0) is 26.3 Å². The van der Waals surface area contributed by atoms with E-state index in [4.69, 9.17) is 4.52 Å². The van der Waals surface area contributed by atoms with Gasteiger partial charge in [0.15, 0.2) is 5.76 Å². The second-order valence-corrected chi connectivity index (χ2v) is 6.59. The molecule has 0 radical (unpaired) electrons. The molecule has 22 heavy (non-hydrogen) atoms. The normalized spacial score (nSPS) is 19.7. The maximum atomic E-state index is 12.7. The van der Waals surface area contributed by atoms with Crippen molar-refractivity contribution in [2.45, 2.75) is 46.6 Å². The molecule has 1 atom stereocenters. The minimum atomic E-state index is -0.0419. The number of amides is 2. The van der Waals surface area contributed by atoms with E-state index in [1.807, 2.05) is 18.7 Å². The first kappa shape index (κ1) is 16.8. The highest BCUT2D eigenvalue weighted by atomic mass is 16.5. The maximum absolute atomic E-state index is 12.7. The third-order valence-corrected chi connectivity index (χ3v) is 4.18. The van der Waals surface area contributed by atoms with Gasteiger partial charge in [-0.3, -0.25) is 0 Å². The molecule has 1 unspecified atom stereocenters. The number of nitrogens with zero attached hydrogens (tertiary/aromatic N) is 3. The number of aromatic nitrogens is 1. The monoisotopic (exact) mass is 308 g/mol. The lowest BCUT2D eigenvalue weighted by Crippen LogP contribution is -2.55. The molecule has 0 bridgehead atoms. The second-order valence-electron chi connectivity index (χ2n) is 6.59. The predicted octanol–water partition coefficient (Wildman–Crippen LogP) is 2.74. The number of rotatable bonds is 4. The summed E-state index contributed by atoms with van der Waals surface area (Å²) in [6.45, 7) is 10.8. The minimum Gasteiger partial charge on any atom is -0.359 e. The fourth-order valence-electron chi connectivity index (χ4n) is 3.02. The van der Waals surface area contributed by atoms with Crippen molar-refractivity contribution in [1.29, 1.82) is 0 Å². The first-order valence-electron chi connectivity index (χ1n) is 8.13. The van der Waals surface area contributed by atoms with Crippen LogP contribution in [0.25, 0.3) is 0 Å². The third kappa shape index (κ3) is 3.80. The molecule has 1 N–H and O–H groups in total. The van der Waals surface area contributed by atoms with Crippen LogP contribution in [0.3, 0.4) is 0 Å². The number of piperazine rings is 1. The molecule has 2 amide bonds. The Kier molecular flexibility index (Phi) is 5.45. The Labute approximate surface area is 132 Å². The van der Waals surface area contributed by atoms with Gasteiger partial charge < -0.3 is 19.6 Å². The number of urea groups is 1. The van der Waals surface area contributed by atoms with Crippen LogP contribution < -0.4 is 5.32 Å². The third-order valence-electron chi connectivity index (χ3n) is 4.18. The van der Waals surface area contributed by atoms with Gasteiger partial charge in [0.25, 0.3) is 0 Å². The van der Waals surface area contributed by atoms with Gasteiger partial charge in [0.2, 0.25) is 0 Å². The van der Waals surface area contributed by atoms with Gasteiger partial charge in [0.05, 0.1) is 0 Å². The van der Waals surface area contributed by atoms with E-state index in [1.54, 1.807) is 0 Å². The van der Waals surface area contributed by atoms with Crippen molar-refractivity contribution in [3.8, 4) is 0 Å². The average molecular weight is 308 g/mol. The molecule has 1 aliphatic rings. The summed E-state index contributed by atoms with van der Waals surface area (Å²) in [7, 11) is 2.11. The highest BCUT2D eigenvalue weighted by molar-refractivity contribution is 5.90. The average Bonchev–Trinajstić information content (AvgIpc) is 2.79. The summed E-state index contributed by atoms with van der Waals surface area (Å²) in [5.41, 5.74) is 1.47. The minimum absolute atomic E-state index is 0.0419. The predicted molar refractivity (Wildman–Crippen MR) is 87.1 cm³/mol. The Bertz CT molecular complexity index is 510. The number of likely N-dealkylation sites (N-methyl/N-ethyl adjacent to an activating group) is 1. The first-order valence-corrected chi connectivity index (χ1v) is 8.13. The van der Waals surface area contributed by atoms with Gasteiger partial charge >= 0.3 is 6.03 Å². The van der Waals surface area contributed by atoms with Crippen molar-refractivity contribution < 1.29 is 9.32 Å². The summed E-state index contributed by atoms with van der Waals surface area (Å²) in [5, 5.41) is 6.96. The van der Waals surface area contributed by atoms with E-state index in [1.165, 1.54) is 0 Å². The Hall–Kier alpha value is -1.56. The topological polar surface area (TPSA) is 61.6 Å². The van der Waals surface area contributed by atoms with Crippen LogP contribution in [-0.4, -0.2) is 53.7 Å². The Morgan fingerprint density at radius 3 is 2.82 bits per heavy atom. The number of aryl methyl sites for hydroxylation is 2. The van der Waals surface area contributed by atoms with Crippen LogP contribution in [0.4, 0.5) is 10.5 Å². The molecular weight excluding hydrogens is 280 g/mol. The Morgan fingerprint density at radius 1 is 1.45 bits per heavy atom. The summed E-state index contributed by atoms with van der Waals surface area (Å²) < 4.78 is 5.25. The molecule has 1 aliphatic heterocycles. The summed E-state index contributed by atoms with van der Waals surface area (Å²) in [5.74, 6) is 1.30. The van der Waals surface area contributed by atoms with Gasteiger partial charge in [-0.2, -0.15) is 0 Å². The van der Waals surface area contributed by atoms with Crippen LogP contribution in [0.15, 0.2) is 4.52 Å². The molecule has 6 heteroatoms. The van der Waals surface area contributed by atoms with Gasteiger partial charge in [-0.15, -0.1) is 0 Å². The van der Waals surface area contributed by atoms with Crippen LogP contribution in [0, 0.1) is 12.8 Å². The molecule has 2 heterocycles. The first-order chi connectivity index (χ1) is 10.4. The largest absolute Gasteiger partial charge is 0.359 e. The van der Waals surface area contributed by atoms with Crippen LogP contribution in [0.5, 0.6) is 0 Å². The lowest BCUT2D eigenvalue weighted by molar-refractivity contribution is 0.105. The molecule has 2 rings (SSSR count). The second kappa shape index (κ2) is 7.13. The number of hydrogen-bond acceptors (Lipinski definition) is 4. The van der Waals surface area contributed by atoms with Crippen molar-refractivity contribution in [1.82, 2.24) is 15.0 Å². The molecule has 0 saturated carbocycles.